The van der Waals surface area contributed by atoms with Crippen molar-refractivity contribution in [3.05, 3.63) is 35.9 Å². The fraction of sp³-hybridized carbons (Fsp3) is 0.500. The first-order valence-corrected chi connectivity index (χ1v) is 5.10. The average Bonchev–Trinajstić information content (AvgIpc) is 2.21. The number of hydrogen-bond donors (Lipinski definition) is 1. The average molecular weight is 195 g/mol. The molecule has 2 N–H and O–H groups in total. The largest absolute Gasteiger partial charge is 0.382 e. The standard InChI is InChI=1S/C8H11N.C4H10O/c1-7(9)8-5-3-2-4-6-8;1-3-5-4-2/h2-7H,9H2,1H3;3-4H2,1-2H3. The molecule has 1 rings (SSSR count). The lowest BCUT2D eigenvalue weighted by Crippen LogP contribution is -2.03. The van der Waals surface area contributed by atoms with Crippen LogP contribution in [0.4, 0.5) is 0 Å². The third-order valence-electron chi connectivity index (χ3n) is 1.73. The number of benzene rings is 1. The first-order chi connectivity index (χ1) is 6.72. The molecule has 0 fully saturated rings. The van der Waals surface area contributed by atoms with Crippen molar-refractivity contribution >= 4 is 0 Å². The monoisotopic (exact) mass is 195 g/mol. The Labute approximate surface area is 87.1 Å². The van der Waals surface area contributed by atoms with E-state index in [0.29, 0.717) is 0 Å². The molecule has 1 atom stereocenters. The summed E-state index contributed by atoms with van der Waals surface area (Å²) in [6, 6.07) is 10.2. The molecular weight excluding hydrogens is 174 g/mol. The zero-order valence-corrected chi connectivity index (χ0v) is 9.36. The molecule has 2 nitrogen and oxygen atoms in total. The second-order valence-corrected chi connectivity index (χ2v) is 2.98. The third kappa shape index (κ3) is 6.63. The van der Waals surface area contributed by atoms with Crippen LogP contribution in [0.25, 0.3) is 0 Å². The maximum atomic E-state index is 5.61. The molecule has 14 heavy (non-hydrogen) atoms. The zero-order chi connectivity index (χ0) is 10.8. The van der Waals surface area contributed by atoms with Gasteiger partial charge in [-0.25, -0.2) is 0 Å². The summed E-state index contributed by atoms with van der Waals surface area (Å²) in [5, 5.41) is 0. The van der Waals surface area contributed by atoms with Gasteiger partial charge >= 0.3 is 0 Å². The molecule has 1 aromatic rings. The molecule has 0 saturated heterocycles. The number of nitrogens with two attached hydrogens (primary N) is 1. The van der Waals surface area contributed by atoms with Crippen LogP contribution in [0.1, 0.15) is 32.4 Å². The predicted molar refractivity (Wildman–Crippen MR) is 61.2 cm³/mol. The minimum absolute atomic E-state index is 0.159. The number of ether oxygens (including phenoxy) is 1. The van der Waals surface area contributed by atoms with E-state index in [1.54, 1.807) is 0 Å². The lowest BCUT2D eigenvalue weighted by Gasteiger charge is -2.02. The molecule has 0 heterocycles. The Kier molecular flexibility index (Phi) is 8.19. The van der Waals surface area contributed by atoms with Gasteiger partial charge in [0.25, 0.3) is 0 Å². The van der Waals surface area contributed by atoms with Gasteiger partial charge in [0.05, 0.1) is 0 Å². The SMILES string of the molecule is CC(N)c1ccccc1.CCOCC. The Morgan fingerprint density at radius 1 is 1.14 bits per heavy atom. The molecule has 0 aliphatic carbocycles. The maximum Gasteiger partial charge on any atom is 0.0437 e. The van der Waals surface area contributed by atoms with Crippen molar-refractivity contribution in [2.24, 2.45) is 5.73 Å². The molecule has 0 radical (unpaired) electrons. The number of hydrogen-bond acceptors (Lipinski definition) is 2. The summed E-state index contributed by atoms with van der Waals surface area (Å²) in [5.41, 5.74) is 6.81. The molecule has 80 valence electrons. The molecular formula is C12H21NO. The highest BCUT2D eigenvalue weighted by Crippen LogP contribution is 2.06. The van der Waals surface area contributed by atoms with Gasteiger partial charge in [0.15, 0.2) is 0 Å². The minimum Gasteiger partial charge on any atom is -0.382 e. The van der Waals surface area contributed by atoms with Crippen molar-refractivity contribution < 1.29 is 4.74 Å². The normalized spacial score (nSPS) is 11.4. The summed E-state index contributed by atoms with van der Waals surface area (Å²) in [4.78, 5) is 0. The highest BCUT2D eigenvalue weighted by molar-refractivity contribution is 5.17. The van der Waals surface area contributed by atoms with Crippen molar-refractivity contribution in [2.75, 3.05) is 13.2 Å². The van der Waals surface area contributed by atoms with Gasteiger partial charge in [0.1, 0.15) is 0 Å². The van der Waals surface area contributed by atoms with Crippen LogP contribution >= 0.6 is 0 Å². The van der Waals surface area contributed by atoms with E-state index in [2.05, 4.69) is 0 Å². The topological polar surface area (TPSA) is 35.2 Å². The second-order valence-electron chi connectivity index (χ2n) is 2.98. The zero-order valence-electron chi connectivity index (χ0n) is 9.36. The van der Waals surface area contributed by atoms with E-state index in [1.807, 2.05) is 51.1 Å². The lowest BCUT2D eigenvalue weighted by molar-refractivity contribution is 0.162. The molecule has 0 aliphatic rings. The number of rotatable bonds is 3. The predicted octanol–water partition coefficient (Wildman–Crippen LogP) is 2.75. The van der Waals surface area contributed by atoms with Gasteiger partial charge in [-0.15, -0.1) is 0 Å². The van der Waals surface area contributed by atoms with Crippen LogP contribution < -0.4 is 5.73 Å². The highest BCUT2D eigenvalue weighted by Gasteiger charge is 1.93. The molecule has 0 amide bonds. The quantitative estimate of drug-likeness (QED) is 0.805. The smallest absolute Gasteiger partial charge is 0.0437 e. The first-order valence-electron chi connectivity index (χ1n) is 5.10. The van der Waals surface area contributed by atoms with Crippen molar-refractivity contribution in [1.82, 2.24) is 0 Å². The molecule has 2 heteroatoms. The van der Waals surface area contributed by atoms with E-state index in [-0.39, 0.29) is 6.04 Å². The van der Waals surface area contributed by atoms with E-state index >= 15 is 0 Å². The van der Waals surface area contributed by atoms with Gasteiger partial charge < -0.3 is 10.5 Å². The van der Waals surface area contributed by atoms with Gasteiger partial charge in [0, 0.05) is 19.3 Å². The van der Waals surface area contributed by atoms with Gasteiger partial charge in [-0.3, -0.25) is 0 Å². The first kappa shape index (κ1) is 13.1. The van der Waals surface area contributed by atoms with Crippen LogP contribution in [0.2, 0.25) is 0 Å². The van der Waals surface area contributed by atoms with Crippen LogP contribution in [-0.4, -0.2) is 13.2 Å². The molecule has 0 saturated carbocycles. The van der Waals surface area contributed by atoms with Crippen LogP contribution in [0, 0.1) is 0 Å². The highest BCUT2D eigenvalue weighted by atomic mass is 16.5. The van der Waals surface area contributed by atoms with Crippen LogP contribution in [0.15, 0.2) is 30.3 Å². The third-order valence-corrected chi connectivity index (χ3v) is 1.73. The Morgan fingerprint density at radius 3 is 1.86 bits per heavy atom. The van der Waals surface area contributed by atoms with E-state index in [4.69, 9.17) is 10.5 Å². The van der Waals surface area contributed by atoms with Gasteiger partial charge in [-0.2, -0.15) is 0 Å². The Bertz CT molecular complexity index is 207. The van der Waals surface area contributed by atoms with Gasteiger partial charge in [0.2, 0.25) is 0 Å². The van der Waals surface area contributed by atoms with Crippen LogP contribution in [0.5, 0.6) is 0 Å². The molecule has 0 aliphatic heterocycles. The summed E-state index contributed by atoms with van der Waals surface area (Å²) in [7, 11) is 0. The fourth-order valence-corrected chi connectivity index (χ4v) is 0.961. The minimum atomic E-state index is 0.159. The summed E-state index contributed by atoms with van der Waals surface area (Å²) in [5.74, 6) is 0. The van der Waals surface area contributed by atoms with E-state index in [0.717, 1.165) is 13.2 Å². The van der Waals surface area contributed by atoms with Crippen molar-refractivity contribution in [2.45, 2.75) is 26.8 Å². The Morgan fingerprint density at radius 2 is 1.64 bits per heavy atom. The summed E-state index contributed by atoms with van der Waals surface area (Å²) in [6.45, 7) is 7.65. The second kappa shape index (κ2) is 8.73. The van der Waals surface area contributed by atoms with Gasteiger partial charge in [-0.1, -0.05) is 30.3 Å². The lowest BCUT2D eigenvalue weighted by atomic mass is 10.1. The molecule has 1 aromatic carbocycles. The van der Waals surface area contributed by atoms with E-state index < -0.39 is 0 Å². The summed E-state index contributed by atoms with van der Waals surface area (Å²) < 4.78 is 4.83. The van der Waals surface area contributed by atoms with Crippen molar-refractivity contribution in [1.29, 1.82) is 0 Å². The summed E-state index contributed by atoms with van der Waals surface area (Å²) in [6.07, 6.45) is 0. The Balaban J connectivity index is 0.000000292. The van der Waals surface area contributed by atoms with Crippen molar-refractivity contribution in [3.63, 3.8) is 0 Å². The van der Waals surface area contributed by atoms with Gasteiger partial charge in [-0.05, 0) is 26.3 Å². The molecule has 0 bridgehead atoms. The molecule has 0 spiro atoms. The van der Waals surface area contributed by atoms with E-state index in [1.165, 1.54) is 5.56 Å². The molecule has 1 unspecified atom stereocenters. The fourth-order valence-electron chi connectivity index (χ4n) is 0.961. The van der Waals surface area contributed by atoms with Crippen molar-refractivity contribution in [3.8, 4) is 0 Å². The summed E-state index contributed by atoms with van der Waals surface area (Å²) >= 11 is 0. The van der Waals surface area contributed by atoms with Crippen LogP contribution in [0.3, 0.4) is 0 Å². The van der Waals surface area contributed by atoms with E-state index in [9.17, 15) is 0 Å². The Hall–Kier alpha value is -0.860. The van der Waals surface area contributed by atoms with Crippen LogP contribution in [-0.2, 0) is 4.74 Å². The maximum absolute atomic E-state index is 5.61. The molecule has 0 aromatic heterocycles.